The molecule has 11 nitrogen and oxygen atoms in total. The van der Waals surface area contributed by atoms with Crippen LogP contribution in [0.3, 0.4) is 0 Å². The second-order valence-electron chi connectivity index (χ2n) is 3.65. The van der Waals surface area contributed by atoms with Gasteiger partial charge in [0.2, 0.25) is 0 Å². The largest absolute Gasteiger partial charge is 0.480 e. The summed E-state index contributed by atoms with van der Waals surface area (Å²) in [6.07, 6.45) is -2.04. The molecule has 0 aromatic rings. The van der Waals surface area contributed by atoms with Gasteiger partial charge in [-0.25, -0.2) is 19.2 Å². The minimum atomic E-state index is -1.41. The number of hydrogen-bond acceptors (Lipinski definition) is 7. The fourth-order valence-electron chi connectivity index (χ4n) is 1.15. The summed E-state index contributed by atoms with van der Waals surface area (Å²) in [6, 6.07) is -1.41. The lowest BCUT2D eigenvalue weighted by Crippen LogP contribution is -2.42. The van der Waals surface area contributed by atoms with Gasteiger partial charge in [0.15, 0.2) is 0 Å². The number of amides is 3. The van der Waals surface area contributed by atoms with E-state index >= 15 is 0 Å². The Hall–Kier alpha value is -2.98. The summed E-state index contributed by atoms with van der Waals surface area (Å²) in [5, 5.41) is 15.4. The predicted octanol–water partition coefficient (Wildman–Crippen LogP) is -0.261. The van der Waals surface area contributed by atoms with Crippen LogP contribution in [0.15, 0.2) is 11.9 Å². The molecule has 0 heterocycles. The highest BCUT2D eigenvalue weighted by Crippen LogP contribution is 2.04. The highest BCUT2D eigenvalue weighted by molar-refractivity contribution is 5.80. The SMILES string of the molecule is COC(=O)NC=C(C[C@H](NC(=O)OC)C(=O)O)NC(=O)OC. The molecule has 0 aliphatic rings. The molecule has 0 bridgehead atoms. The van der Waals surface area contributed by atoms with Crippen LogP contribution >= 0.6 is 0 Å². The molecule has 3 amide bonds. The van der Waals surface area contributed by atoms with Crippen molar-refractivity contribution in [1.29, 1.82) is 0 Å². The first-order chi connectivity index (χ1) is 10.3. The van der Waals surface area contributed by atoms with E-state index in [1.807, 2.05) is 0 Å². The van der Waals surface area contributed by atoms with Gasteiger partial charge in [0.1, 0.15) is 6.04 Å². The van der Waals surface area contributed by atoms with Crippen LogP contribution in [0.25, 0.3) is 0 Å². The number of carboxylic acids is 1. The third-order valence-corrected chi connectivity index (χ3v) is 2.20. The molecule has 0 unspecified atom stereocenters. The first-order valence-electron chi connectivity index (χ1n) is 5.79. The van der Waals surface area contributed by atoms with E-state index in [1.165, 1.54) is 0 Å². The van der Waals surface area contributed by atoms with Crippen LogP contribution in [0.5, 0.6) is 0 Å². The number of aliphatic carboxylic acids is 1. The summed E-state index contributed by atoms with van der Waals surface area (Å²) >= 11 is 0. The summed E-state index contributed by atoms with van der Waals surface area (Å²) < 4.78 is 13.0. The Kier molecular flexibility index (Phi) is 8.52. The highest BCUT2D eigenvalue weighted by Gasteiger charge is 2.23. The van der Waals surface area contributed by atoms with Crippen LogP contribution in [0, 0.1) is 0 Å². The average molecular weight is 319 g/mol. The molecule has 0 aromatic heterocycles. The lowest BCUT2D eigenvalue weighted by Gasteiger charge is -2.16. The van der Waals surface area contributed by atoms with E-state index in [0.717, 1.165) is 27.5 Å². The van der Waals surface area contributed by atoms with Crippen LogP contribution in [-0.4, -0.2) is 56.7 Å². The van der Waals surface area contributed by atoms with Crippen molar-refractivity contribution in [1.82, 2.24) is 16.0 Å². The maximum atomic E-state index is 11.2. The van der Waals surface area contributed by atoms with E-state index in [0.29, 0.717) is 0 Å². The van der Waals surface area contributed by atoms with E-state index in [2.05, 4.69) is 30.2 Å². The van der Waals surface area contributed by atoms with E-state index < -0.39 is 30.3 Å². The van der Waals surface area contributed by atoms with E-state index in [4.69, 9.17) is 5.11 Å². The molecule has 0 aliphatic carbocycles. The van der Waals surface area contributed by atoms with Gasteiger partial charge in [-0.05, 0) is 0 Å². The van der Waals surface area contributed by atoms with Crippen molar-refractivity contribution in [3.63, 3.8) is 0 Å². The third kappa shape index (κ3) is 7.57. The van der Waals surface area contributed by atoms with Crippen LogP contribution in [0.2, 0.25) is 0 Å². The monoisotopic (exact) mass is 319 g/mol. The summed E-state index contributed by atoms with van der Waals surface area (Å²) in [4.78, 5) is 44.3. The van der Waals surface area contributed by atoms with Gasteiger partial charge in [-0.1, -0.05) is 0 Å². The molecule has 11 heteroatoms. The molecule has 0 rings (SSSR count). The average Bonchev–Trinajstić information content (AvgIpc) is 2.50. The lowest BCUT2D eigenvalue weighted by atomic mass is 10.1. The smallest absolute Gasteiger partial charge is 0.411 e. The normalized spacial score (nSPS) is 11.7. The Morgan fingerprint density at radius 2 is 1.55 bits per heavy atom. The van der Waals surface area contributed by atoms with Gasteiger partial charge < -0.3 is 24.6 Å². The number of hydrogen-bond donors (Lipinski definition) is 4. The predicted molar refractivity (Wildman–Crippen MR) is 70.7 cm³/mol. The molecule has 0 radical (unpaired) electrons. The van der Waals surface area contributed by atoms with Gasteiger partial charge in [-0.2, -0.15) is 0 Å². The topological polar surface area (TPSA) is 152 Å². The zero-order valence-corrected chi connectivity index (χ0v) is 12.2. The minimum Gasteiger partial charge on any atom is -0.480 e. The fraction of sp³-hybridized carbons (Fsp3) is 0.455. The third-order valence-electron chi connectivity index (χ3n) is 2.20. The fourth-order valence-corrected chi connectivity index (χ4v) is 1.15. The summed E-state index contributed by atoms with van der Waals surface area (Å²) in [5.41, 5.74) is -0.0407. The molecule has 0 saturated carbocycles. The standard InChI is InChI=1S/C11H17N3O8/c1-20-9(17)12-5-6(13-10(18)21-2)4-7(8(15)16)14-11(19)22-3/h5,7H,4H2,1-3H3,(H,12,17)(H,13,18)(H,14,19)(H,15,16)/t7-/m0/s1. The molecular formula is C11H17N3O8. The number of ether oxygens (including phenoxy) is 3. The number of methoxy groups -OCH3 is 3. The van der Waals surface area contributed by atoms with Gasteiger partial charge in [-0.15, -0.1) is 0 Å². The zero-order valence-electron chi connectivity index (χ0n) is 12.2. The number of nitrogens with one attached hydrogen (secondary N) is 3. The Balaban J connectivity index is 5.04. The molecule has 0 fully saturated rings. The Bertz CT molecular complexity index is 462. The molecule has 0 saturated heterocycles. The Morgan fingerprint density at radius 3 is 2.00 bits per heavy atom. The highest BCUT2D eigenvalue weighted by atomic mass is 16.5. The number of carbonyl (C=O) groups is 4. The molecule has 0 aromatic carbocycles. The van der Waals surface area contributed by atoms with E-state index in [-0.39, 0.29) is 12.1 Å². The maximum Gasteiger partial charge on any atom is 0.411 e. The van der Waals surface area contributed by atoms with Crippen LogP contribution < -0.4 is 16.0 Å². The Morgan fingerprint density at radius 1 is 1.00 bits per heavy atom. The van der Waals surface area contributed by atoms with Crippen molar-refractivity contribution in [3.8, 4) is 0 Å². The van der Waals surface area contributed by atoms with E-state index in [9.17, 15) is 19.2 Å². The van der Waals surface area contributed by atoms with Crippen LogP contribution in [-0.2, 0) is 19.0 Å². The van der Waals surface area contributed by atoms with Crippen molar-refractivity contribution >= 4 is 24.2 Å². The number of carboxylic acid groups (broad SMARTS) is 1. The molecule has 22 heavy (non-hydrogen) atoms. The van der Waals surface area contributed by atoms with Crippen molar-refractivity contribution in [3.05, 3.63) is 11.9 Å². The first-order valence-corrected chi connectivity index (χ1v) is 5.79. The zero-order chi connectivity index (χ0) is 17.1. The van der Waals surface area contributed by atoms with Crippen molar-refractivity contribution in [2.24, 2.45) is 0 Å². The van der Waals surface area contributed by atoms with Gasteiger partial charge >= 0.3 is 24.2 Å². The first kappa shape index (κ1) is 19.0. The lowest BCUT2D eigenvalue weighted by molar-refractivity contribution is -0.139. The summed E-state index contributed by atoms with van der Waals surface area (Å²) in [5.74, 6) is -1.37. The van der Waals surface area contributed by atoms with Crippen LogP contribution in [0.4, 0.5) is 14.4 Å². The number of carbonyl (C=O) groups excluding carboxylic acids is 3. The number of alkyl carbamates (subject to hydrolysis) is 3. The van der Waals surface area contributed by atoms with Crippen molar-refractivity contribution < 1.29 is 38.5 Å². The van der Waals surface area contributed by atoms with Crippen LogP contribution in [0.1, 0.15) is 6.42 Å². The molecule has 1 atom stereocenters. The maximum absolute atomic E-state index is 11.2. The Labute approximate surface area is 125 Å². The van der Waals surface area contributed by atoms with Gasteiger partial charge in [0, 0.05) is 18.3 Å². The molecule has 0 spiro atoms. The summed E-state index contributed by atoms with van der Waals surface area (Å²) in [7, 11) is 3.29. The minimum absolute atomic E-state index is 0.0407. The second-order valence-corrected chi connectivity index (χ2v) is 3.65. The van der Waals surface area contributed by atoms with Gasteiger partial charge in [0.25, 0.3) is 0 Å². The van der Waals surface area contributed by atoms with Crippen molar-refractivity contribution in [2.75, 3.05) is 21.3 Å². The molecule has 124 valence electrons. The number of rotatable bonds is 6. The second kappa shape index (κ2) is 9.85. The van der Waals surface area contributed by atoms with Gasteiger partial charge in [-0.3, -0.25) is 10.6 Å². The van der Waals surface area contributed by atoms with E-state index in [1.54, 1.807) is 0 Å². The molecular weight excluding hydrogens is 302 g/mol. The molecule has 0 aliphatic heterocycles. The quantitative estimate of drug-likeness (QED) is 0.488. The van der Waals surface area contributed by atoms with Crippen molar-refractivity contribution in [2.45, 2.75) is 12.5 Å². The summed E-state index contributed by atoms with van der Waals surface area (Å²) in [6.45, 7) is 0. The molecule has 4 N–H and O–H groups in total. The van der Waals surface area contributed by atoms with Gasteiger partial charge in [0.05, 0.1) is 21.3 Å².